The Morgan fingerprint density at radius 3 is 1.94 bits per heavy atom. The van der Waals surface area contributed by atoms with E-state index in [1.807, 2.05) is 25.7 Å². The maximum Gasteiger partial charge on any atom is 0.410 e. The number of rotatable bonds is 5. The fourth-order valence-electron chi connectivity index (χ4n) is 5.37. The molecule has 0 spiro atoms. The van der Waals surface area contributed by atoms with E-state index in [0.717, 1.165) is 51.4 Å². The largest absolute Gasteiger partial charge is 0.490 e. The fraction of sp³-hybridized carbons (Fsp3) is 0.720. The van der Waals surface area contributed by atoms with E-state index in [0.29, 0.717) is 10.6 Å². The molecular formula is C25H37NO6S. The van der Waals surface area contributed by atoms with Gasteiger partial charge in [-0.05, 0) is 96.4 Å². The molecule has 4 rings (SSSR count). The van der Waals surface area contributed by atoms with Crippen LogP contribution in [0, 0.1) is 0 Å². The molecule has 33 heavy (non-hydrogen) atoms. The minimum Gasteiger partial charge on any atom is -0.490 e. The van der Waals surface area contributed by atoms with Crippen LogP contribution >= 0.6 is 0 Å². The van der Waals surface area contributed by atoms with Gasteiger partial charge in [0.25, 0.3) is 0 Å². The Morgan fingerprint density at radius 1 is 0.879 bits per heavy atom. The molecule has 3 aliphatic rings. The van der Waals surface area contributed by atoms with Gasteiger partial charge in [-0.3, -0.25) is 0 Å². The summed E-state index contributed by atoms with van der Waals surface area (Å²) in [6.07, 6.45) is 9.16. The van der Waals surface area contributed by atoms with Gasteiger partial charge in [-0.15, -0.1) is 0 Å². The van der Waals surface area contributed by atoms with Crippen LogP contribution in [0.4, 0.5) is 4.79 Å². The molecule has 0 aromatic heterocycles. The summed E-state index contributed by atoms with van der Waals surface area (Å²) in [5.41, 5.74) is -0.472. The molecule has 7 nitrogen and oxygen atoms in total. The van der Waals surface area contributed by atoms with Crippen molar-refractivity contribution in [1.82, 2.24) is 4.90 Å². The van der Waals surface area contributed by atoms with Crippen molar-refractivity contribution < 1.29 is 27.4 Å². The second-order valence-corrected chi connectivity index (χ2v) is 12.8. The van der Waals surface area contributed by atoms with Crippen LogP contribution in [0.5, 0.6) is 5.75 Å². The van der Waals surface area contributed by atoms with Gasteiger partial charge in [-0.2, -0.15) is 0 Å². The van der Waals surface area contributed by atoms with Gasteiger partial charge in [0.1, 0.15) is 11.4 Å². The summed E-state index contributed by atoms with van der Waals surface area (Å²) in [6, 6.07) is 7.09. The van der Waals surface area contributed by atoms with E-state index in [1.165, 1.54) is 6.26 Å². The maximum absolute atomic E-state index is 12.6. The Bertz CT molecular complexity index is 917. The SMILES string of the molecule is CC(C)(C)OC(=O)N1[C@@H]2CC[C@H]1CC(OC1CCC(Oc3ccc(S(C)(=O)=O)cc3)CC1)C2. The van der Waals surface area contributed by atoms with Crippen LogP contribution in [0.1, 0.15) is 72.1 Å². The molecule has 1 amide bonds. The van der Waals surface area contributed by atoms with Crippen molar-refractivity contribution >= 4 is 15.9 Å². The van der Waals surface area contributed by atoms with Crippen molar-refractivity contribution in [2.75, 3.05) is 6.26 Å². The van der Waals surface area contributed by atoms with Crippen molar-refractivity contribution in [2.45, 2.75) is 113 Å². The molecule has 2 aliphatic heterocycles. The normalized spacial score (nSPS) is 30.2. The molecule has 2 heterocycles. The number of nitrogens with zero attached hydrogens (tertiary/aromatic N) is 1. The van der Waals surface area contributed by atoms with E-state index in [4.69, 9.17) is 14.2 Å². The standard InChI is InChI=1S/C25H37NO6S/c1-25(2,3)32-24(27)26-17-5-6-18(26)16-22(15-17)31-20-9-7-19(8-10-20)30-21-11-13-23(14-12-21)33(4,28)29/h11-14,17-20,22H,5-10,15-16H2,1-4H3/t17-,18+,19?,20?,22?. The van der Waals surface area contributed by atoms with Crippen molar-refractivity contribution in [3.05, 3.63) is 24.3 Å². The summed E-state index contributed by atoms with van der Waals surface area (Å²) in [5.74, 6) is 0.706. The average Bonchev–Trinajstić information content (AvgIpc) is 2.99. The predicted molar refractivity (Wildman–Crippen MR) is 125 cm³/mol. The first kappa shape index (κ1) is 24.3. The Morgan fingerprint density at radius 2 is 1.42 bits per heavy atom. The third-order valence-electron chi connectivity index (χ3n) is 6.85. The summed E-state index contributed by atoms with van der Waals surface area (Å²) in [4.78, 5) is 14.9. The van der Waals surface area contributed by atoms with E-state index in [2.05, 4.69) is 0 Å². The summed E-state index contributed by atoms with van der Waals surface area (Å²) in [5, 5.41) is 0. The number of amides is 1. The van der Waals surface area contributed by atoms with E-state index in [-0.39, 0.29) is 36.5 Å². The van der Waals surface area contributed by atoms with Crippen molar-refractivity contribution in [3.63, 3.8) is 0 Å². The van der Waals surface area contributed by atoms with Gasteiger partial charge in [0.05, 0.1) is 23.2 Å². The topological polar surface area (TPSA) is 82.1 Å². The zero-order valence-electron chi connectivity index (χ0n) is 20.2. The third kappa shape index (κ3) is 6.21. The van der Waals surface area contributed by atoms with Crippen molar-refractivity contribution in [1.29, 1.82) is 0 Å². The highest BCUT2D eigenvalue weighted by atomic mass is 32.2. The lowest BCUT2D eigenvalue weighted by Gasteiger charge is -2.41. The minimum atomic E-state index is -3.19. The number of benzene rings is 1. The lowest BCUT2D eigenvalue weighted by Crippen LogP contribution is -2.50. The van der Waals surface area contributed by atoms with Gasteiger partial charge in [0.2, 0.25) is 0 Å². The average molecular weight is 480 g/mol. The monoisotopic (exact) mass is 479 g/mol. The van der Waals surface area contributed by atoms with Crippen LogP contribution in [-0.2, 0) is 19.3 Å². The predicted octanol–water partition coefficient (Wildman–Crippen LogP) is 4.73. The van der Waals surface area contributed by atoms with Gasteiger partial charge in [0.15, 0.2) is 9.84 Å². The number of hydrogen-bond acceptors (Lipinski definition) is 6. The van der Waals surface area contributed by atoms with E-state index in [1.54, 1.807) is 24.3 Å². The molecule has 0 N–H and O–H groups in total. The van der Waals surface area contributed by atoms with Gasteiger partial charge >= 0.3 is 6.09 Å². The van der Waals surface area contributed by atoms with Gasteiger partial charge < -0.3 is 19.1 Å². The number of ether oxygens (including phenoxy) is 3. The second-order valence-electron chi connectivity index (χ2n) is 10.8. The summed E-state index contributed by atoms with van der Waals surface area (Å²) in [6.45, 7) is 5.73. The van der Waals surface area contributed by atoms with Crippen LogP contribution in [0.2, 0.25) is 0 Å². The molecule has 3 atom stereocenters. The van der Waals surface area contributed by atoms with Gasteiger partial charge in [-0.25, -0.2) is 13.2 Å². The van der Waals surface area contributed by atoms with E-state index >= 15 is 0 Å². The molecule has 1 saturated carbocycles. The maximum atomic E-state index is 12.6. The molecule has 184 valence electrons. The zero-order chi connectivity index (χ0) is 23.8. The number of fused-ring (bicyclic) bond motifs is 2. The molecule has 1 aromatic carbocycles. The molecule has 8 heteroatoms. The Hall–Kier alpha value is -1.80. The van der Waals surface area contributed by atoms with Gasteiger partial charge in [0, 0.05) is 18.3 Å². The molecule has 1 aromatic rings. The first-order chi connectivity index (χ1) is 15.5. The highest BCUT2D eigenvalue weighted by molar-refractivity contribution is 7.90. The Labute approximate surface area is 197 Å². The van der Waals surface area contributed by atoms with Crippen LogP contribution in [0.15, 0.2) is 29.2 Å². The summed E-state index contributed by atoms with van der Waals surface area (Å²) < 4.78 is 41.4. The lowest BCUT2D eigenvalue weighted by molar-refractivity contribution is -0.0812. The molecule has 1 unspecified atom stereocenters. The molecule has 2 saturated heterocycles. The lowest BCUT2D eigenvalue weighted by atomic mass is 9.93. The Kier molecular flexibility index (Phi) is 6.97. The summed E-state index contributed by atoms with van der Waals surface area (Å²) >= 11 is 0. The van der Waals surface area contributed by atoms with E-state index < -0.39 is 15.4 Å². The second kappa shape index (κ2) is 9.45. The number of carbonyl (C=O) groups excluding carboxylic acids is 1. The highest BCUT2D eigenvalue weighted by Gasteiger charge is 2.45. The first-order valence-electron chi connectivity index (χ1n) is 12.1. The summed E-state index contributed by atoms with van der Waals surface area (Å²) in [7, 11) is -3.19. The Balaban J connectivity index is 1.23. The minimum absolute atomic E-state index is 0.124. The number of sulfone groups is 1. The number of piperidine rings is 1. The highest BCUT2D eigenvalue weighted by Crippen LogP contribution is 2.39. The van der Waals surface area contributed by atoms with Crippen molar-refractivity contribution in [3.8, 4) is 5.75 Å². The van der Waals surface area contributed by atoms with Crippen LogP contribution in [0.25, 0.3) is 0 Å². The molecule has 0 radical (unpaired) electrons. The van der Waals surface area contributed by atoms with E-state index in [9.17, 15) is 13.2 Å². The number of hydrogen-bond donors (Lipinski definition) is 0. The smallest absolute Gasteiger partial charge is 0.410 e. The molecule has 3 fully saturated rings. The molecular weight excluding hydrogens is 442 g/mol. The fourth-order valence-corrected chi connectivity index (χ4v) is 6.00. The quantitative estimate of drug-likeness (QED) is 0.607. The zero-order valence-corrected chi connectivity index (χ0v) is 21.0. The van der Waals surface area contributed by atoms with Crippen molar-refractivity contribution in [2.24, 2.45) is 0 Å². The molecule has 1 aliphatic carbocycles. The first-order valence-corrected chi connectivity index (χ1v) is 14.0. The van der Waals surface area contributed by atoms with Gasteiger partial charge in [-0.1, -0.05) is 0 Å². The third-order valence-corrected chi connectivity index (χ3v) is 7.98. The van der Waals surface area contributed by atoms with Crippen LogP contribution in [-0.4, -0.2) is 61.7 Å². The van der Waals surface area contributed by atoms with Crippen LogP contribution in [0.3, 0.4) is 0 Å². The molecule has 2 bridgehead atoms. The number of carbonyl (C=O) groups is 1. The van der Waals surface area contributed by atoms with Crippen LogP contribution < -0.4 is 4.74 Å².